The first kappa shape index (κ1) is 16.4. The van der Waals surface area contributed by atoms with Gasteiger partial charge in [-0.25, -0.2) is 4.39 Å². The summed E-state index contributed by atoms with van der Waals surface area (Å²) in [5.74, 6) is -0.405. The second-order valence-electron chi connectivity index (χ2n) is 6.28. The topological polar surface area (TPSA) is 62.2 Å². The minimum Gasteiger partial charge on any atom is -0.370 e. The molecule has 0 radical (unpaired) electrons. The molecule has 0 saturated carbocycles. The zero-order valence-electron chi connectivity index (χ0n) is 13.9. The van der Waals surface area contributed by atoms with E-state index in [0.29, 0.717) is 18.7 Å². The van der Waals surface area contributed by atoms with E-state index in [1.807, 2.05) is 19.4 Å². The Bertz CT molecular complexity index is 731. The van der Waals surface area contributed by atoms with E-state index in [0.717, 1.165) is 18.7 Å². The van der Waals surface area contributed by atoms with Crippen LogP contribution in [0.1, 0.15) is 12.0 Å². The summed E-state index contributed by atoms with van der Waals surface area (Å²) >= 11 is 0. The molecule has 1 fully saturated rings. The lowest BCUT2D eigenvalue weighted by Crippen LogP contribution is -2.53. The largest absolute Gasteiger partial charge is 0.370 e. The quantitative estimate of drug-likeness (QED) is 0.868. The minimum atomic E-state index is -0.759. The molecule has 0 aliphatic carbocycles. The average Bonchev–Trinajstić information content (AvgIpc) is 3.14. The van der Waals surface area contributed by atoms with Crippen LogP contribution in [-0.4, -0.2) is 46.3 Å². The number of aryl methyl sites for hydroxylation is 1. The summed E-state index contributed by atoms with van der Waals surface area (Å²) < 4.78 is 15.2. The van der Waals surface area contributed by atoms with Crippen molar-refractivity contribution in [3.05, 3.63) is 48.0 Å². The van der Waals surface area contributed by atoms with Crippen LogP contribution in [0.2, 0.25) is 0 Å². The molecule has 0 spiro atoms. The number of nitrogens with one attached hydrogen (secondary N) is 2. The Balaban J connectivity index is 1.76. The molecule has 1 aliphatic rings. The lowest BCUT2D eigenvalue weighted by Gasteiger charge is -2.30. The normalized spacial score (nSPS) is 21.0. The van der Waals surface area contributed by atoms with Gasteiger partial charge in [0, 0.05) is 51.2 Å². The van der Waals surface area contributed by atoms with Crippen LogP contribution < -0.4 is 10.6 Å². The average molecular weight is 331 g/mol. The molecular weight excluding hydrogens is 309 g/mol. The molecule has 0 bridgehead atoms. The highest BCUT2D eigenvalue weighted by molar-refractivity contribution is 5.90. The summed E-state index contributed by atoms with van der Waals surface area (Å²) in [6.45, 7) is 2.07. The molecule has 128 valence electrons. The molecule has 1 saturated heterocycles. The van der Waals surface area contributed by atoms with Crippen LogP contribution in [0.15, 0.2) is 36.7 Å². The van der Waals surface area contributed by atoms with Crippen LogP contribution in [0.3, 0.4) is 0 Å². The minimum absolute atomic E-state index is 0.0829. The smallest absolute Gasteiger partial charge is 0.246 e. The van der Waals surface area contributed by atoms with Crippen LogP contribution >= 0.6 is 0 Å². The van der Waals surface area contributed by atoms with Gasteiger partial charge in [0.2, 0.25) is 5.91 Å². The first-order valence-electron chi connectivity index (χ1n) is 7.96. The second-order valence-corrected chi connectivity index (χ2v) is 6.28. The number of rotatable bonds is 5. The monoisotopic (exact) mass is 331 g/mol. The van der Waals surface area contributed by atoms with Gasteiger partial charge in [-0.05, 0) is 24.6 Å². The zero-order valence-corrected chi connectivity index (χ0v) is 13.9. The highest BCUT2D eigenvalue weighted by Gasteiger charge is 2.44. The fraction of sp³-hybridized carbons (Fsp3) is 0.412. The van der Waals surface area contributed by atoms with E-state index >= 15 is 0 Å². The summed E-state index contributed by atoms with van der Waals surface area (Å²) in [6.07, 6.45) is 4.46. The van der Waals surface area contributed by atoms with Gasteiger partial charge in [-0.1, -0.05) is 6.07 Å². The molecule has 3 rings (SSSR count). The fourth-order valence-corrected chi connectivity index (χ4v) is 3.26. The van der Waals surface area contributed by atoms with Crippen molar-refractivity contribution in [2.45, 2.75) is 18.5 Å². The highest BCUT2D eigenvalue weighted by Crippen LogP contribution is 2.28. The van der Waals surface area contributed by atoms with E-state index in [9.17, 15) is 9.18 Å². The van der Waals surface area contributed by atoms with Crippen molar-refractivity contribution in [2.24, 2.45) is 7.05 Å². The molecule has 2 heterocycles. The van der Waals surface area contributed by atoms with Crippen molar-refractivity contribution in [1.29, 1.82) is 0 Å². The SMILES string of the molecule is CNC(=O)C1(Nc2cccc(F)c2)CCN(Cc2cnn(C)c2)C1. The van der Waals surface area contributed by atoms with Crippen molar-refractivity contribution in [3.8, 4) is 0 Å². The van der Waals surface area contributed by atoms with Crippen molar-refractivity contribution >= 4 is 11.6 Å². The Hall–Kier alpha value is -2.41. The number of likely N-dealkylation sites (N-methyl/N-ethyl adjacent to an activating group) is 1. The Morgan fingerprint density at radius 3 is 2.96 bits per heavy atom. The number of nitrogens with zero attached hydrogens (tertiary/aromatic N) is 3. The van der Waals surface area contributed by atoms with Crippen LogP contribution in [0.4, 0.5) is 10.1 Å². The van der Waals surface area contributed by atoms with E-state index < -0.39 is 5.54 Å². The lowest BCUT2D eigenvalue weighted by molar-refractivity contribution is -0.124. The number of likely N-dealkylation sites (tertiary alicyclic amines) is 1. The molecule has 1 atom stereocenters. The first-order chi connectivity index (χ1) is 11.5. The van der Waals surface area contributed by atoms with Gasteiger partial charge in [-0.3, -0.25) is 14.4 Å². The van der Waals surface area contributed by atoms with Gasteiger partial charge in [0.25, 0.3) is 0 Å². The molecule has 1 aromatic carbocycles. The maximum atomic E-state index is 13.5. The van der Waals surface area contributed by atoms with E-state index in [-0.39, 0.29) is 11.7 Å². The summed E-state index contributed by atoms with van der Waals surface area (Å²) in [7, 11) is 3.51. The Morgan fingerprint density at radius 1 is 1.46 bits per heavy atom. The van der Waals surface area contributed by atoms with Gasteiger partial charge < -0.3 is 10.6 Å². The summed E-state index contributed by atoms with van der Waals surface area (Å²) in [6, 6.07) is 6.21. The number of carbonyl (C=O) groups excluding carboxylic acids is 1. The number of amides is 1. The van der Waals surface area contributed by atoms with Crippen LogP contribution in [0.25, 0.3) is 0 Å². The van der Waals surface area contributed by atoms with Gasteiger partial charge in [0.1, 0.15) is 11.4 Å². The second kappa shape index (κ2) is 6.60. The number of anilines is 1. The van der Waals surface area contributed by atoms with Crippen LogP contribution in [0.5, 0.6) is 0 Å². The molecule has 2 aromatic rings. The van der Waals surface area contributed by atoms with Gasteiger partial charge in [-0.2, -0.15) is 5.10 Å². The molecule has 1 aliphatic heterocycles. The number of halogens is 1. The first-order valence-corrected chi connectivity index (χ1v) is 7.96. The Kier molecular flexibility index (Phi) is 4.53. The van der Waals surface area contributed by atoms with Gasteiger partial charge in [0.15, 0.2) is 0 Å². The number of hydrogen-bond donors (Lipinski definition) is 2. The van der Waals surface area contributed by atoms with Crippen molar-refractivity contribution in [3.63, 3.8) is 0 Å². The van der Waals surface area contributed by atoms with E-state index in [2.05, 4.69) is 20.6 Å². The maximum Gasteiger partial charge on any atom is 0.246 e. The zero-order chi connectivity index (χ0) is 17.2. The van der Waals surface area contributed by atoms with Crippen molar-refractivity contribution in [2.75, 3.05) is 25.5 Å². The number of carbonyl (C=O) groups is 1. The maximum absolute atomic E-state index is 13.5. The molecule has 24 heavy (non-hydrogen) atoms. The molecule has 7 heteroatoms. The third-order valence-electron chi connectivity index (χ3n) is 4.38. The summed E-state index contributed by atoms with van der Waals surface area (Å²) in [5, 5.41) is 10.2. The number of benzene rings is 1. The van der Waals surface area contributed by atoms with Gasteiger partial charge in [-0.15, -0.1) is 0 Å². The highest BCUT2D eigenvalue weighted by atomic mass is 19.1. The molecule has 6 nitrogen and oxygen atoms in total. The standard InChI is InChI=1S/C17H22FN5O/c1-19-16(24)17(21-15-5-3-4-14(18)8-15)6-7-23(12-17)11-13-9-20-22(2)10-13/h3-5,8-10,21H,6-7,11-12H2,1-2H3,(H,19,24). The molecule has 1 amide bonds. The van der Waals surface area contributed by atoms with E-state index in [4.69, 9.17) is 0 Å². The van der Waals surface area contributed by atoms with Crippen LogP contribution in [-0.2, 0) is 18.4 Å². The lowest BCUT2D eigenvalue weighted by atomic mass is 9.96. The van der Waals surface area contributed by atoms with Crippen molar-refractivity contribution < 1.29 is 9.18 Å². The third kappa shape index (κ3) is 3.41. The molecule has 1 aromatic heterocycles. The molecule has 1 unspecified atom stereocenters. The predicted molar refractivity (Wildman–Crippen MR) is 89.9 cm³/mol. The molecule has 2 N–H and O–H groups in total. The third-order valence-corrected chi connectivity index (χ3v) is 4.38. The Labute approximate surface area is 140 Å². The van der Waals surface area contributed by atoms with Crippen molar-refractivity contribution in [1.82, 2.24) is 20.0 Å². The predicted octanol–water partition coefficient (Wildman–Crippen LogP) is 1.36. The fourth-order valence-electron chi connectivity index (χ4n) is 3.26. The summed E-state index contributed by atoms with van der Waals surface area (Å²) in [4.78, 5) is 14.7. The van der Waals surface area contributed by atoms with E-state index in [1.54, 1.807) is 23.9 Å². The Morgan fingerprint density at radius 2 is 2.29 bits per heavy atom. The van der Waals surface area contributed by atoms with Gasteiger partial charge >= 0.3 is 0 Å². The van der Waals surface area contributed by atoms with E-state index in [1.165, 1.54) is 12.1 Å². The molecular formula is C17H22FN5O. The summed E-state index contributed by atoms with van der Waals surface area (Å²) in [5.41, 5.74) is 0.961. The number of aromatic nitrogens is 2. The number of hydrogen-bond acceptors (Lipinski definition) is 4. The van der Waals surface area contributed by atoms with Gasteiger partial charge in [0.05, 0.1) is 6.20 Å². The van der Waals surface area contributed by atoms with Crippen LogP contribution in [0, 0.1) is 5.82 Å².